The molecule has 0 unspecified atom stereocenters. The number of halogens is 1. The van der Waals surface area contributed by atoms with E-state index in [1.165, 1.54) is 0 Å². The van der Waals surface area contributed by atoms with E-state index in [1.807, 2.05) is 39.8 Å². The first kappa shape index (κ1) is 22.8. The predicted molar refractivity (Wildman–Crippen MR) is 128 cm³/mol. The Morgan fingerprint density at radius 2 is 2.16 bits per heavy atom. The van der Waals surface area contributed by atoms with Gasteiger partial charge in [0.05, 0.1) is 41.6 Å². The van der Waals surface area contributed by atoms with Crippen molar-refractivity contribution in [3.05, 3.63) is 46.2 Å². The van der Waals surface area contributed by atoms with Crippen LogP contribution in [0.5, 0.6) is 5.75 Å². The van der Waals surface area contributed by atoms with Crippen molar-refractivity contribution >= 4 is 32.8 Å². The summed E-state index contributed by atoms with van der Waals surface area (Å²) in [6, 6.07) is 8.15. The molecule has 0 saturated carbocycles. The van der Waals surface area contributed by atoms with Gasteiger partial charge in [-0.3, -0.25) is 9.78 Å². The summed E-state index contributed by atoms with van der Waals surface area (Å²) in [5.41, 5.74) is 4.38. The van der Waals surface area contributed by atoms with E-state index in [2.05, 4.69) is 37.6 Å². The van der Waals surface area contributed by atoms with E-state index >= 15 is 0 Å². The van der Waals surface area contributed by atoms with Crippen molar-refractivity contribution in [3.63, 3.8) is 0 Å². The van der Waals surface area contributed by atoms with Crippen LogP contribution in [0.4, 0.5) is 0 Å². The molecule has 6 nitrogen and oxygen atoms in total. The van der Waals surface area contributed by atoms with Crippen LogP contribution < -0.4 is 4.74 Å². The first-order valence-corrected chi connectivity index (χ1v) is 11.7. The average molecular weight is 501 g/mol. The molecule has 0 aliphatic carbocycles. The standard InChI is InChI=1S/C25H29BrN2O4/c1-6-31-24(29)25(3,4)14-19-18-12-16(26)13-20-23(18)28(10-11-32-20)22(19)17-8-7-9-27-21(17)15(2)30-5/h7-9,12-13,15H,6,10-11,14H2,1-5H3/t15-/m0/s1. The molecular weight excluding hydrogens is 472 g/mol. The molecule has 1 atom stereocenters. The Balaban J connectivity index is 2.03. The Morgan fingerprint density at radius 3 is 2.88 bits per heavy atom. The molecule has 0 radical (unpaired) electrons. The van der Waals surface area contributed by atoms with Gasteiger partial charge in [-0.1, -0.05) is 15.9 Å². The largest absolute Gasteiger partial charge is 0.489 e. The number of benzene rings is 1. The topological polar surface area (TPSA) is 62.6 Å². The minimum atomic E-state index is -0.698. The average Bonchev–Trinajstić information content (AvgIpc) is 3.07. The van der Waals surface area contributed by atoms with Crippen LogP contribution in [0.15, 0.2) is 34.9 Å². The molecule has 0 amide bonds. The highest BCUT2D eigenvalue weighted by Crippen LogP contribution is 2.45. The first-order chi connectivity index (χ1) is 15.3. The van der Waals surface area contributed by atoms with Crippen molar-refractivity contribution < 1.29 is 19.0 Å². The van der Waals surface area contributed by atoms with Crippen molar-refractivity contribution in [3.8, 4) is 17.0 Å². The summed E-state index contributed by atoms with van der Waals surface area (Å²) in [6.07, 6.45) is 2.14. The number of hydrogen-bond donors (Lipinski definition) is 0. The van der Waals surface area contributed by atoms with Crippen molar-refractivity contribution in [2.75, 3.05) is 20.3 Å². The lowest BCUT2D eigenvalue weighted by atomic mass is 9.83. The number of hydrogen-bond acceptors (Lipinski definition) is 5. The third-order valence-electron chi connectivity index (χ3n) is 6.04. The quantitative estimate of drug-likeness (QED) is 0.389. The van der Waals surface area contributed by atoms with Crippen LogP contribution in [-0.2, 0) is 27.2 Å². The fourth-order valence-corrected chi connectivity index (χ4v) is 4.88. The van der Waals surface area contributed by atoms with Crippen molar-refractivity contribution in [2.24, 2.45) is 5.41 Å². The van der Waals surface area contributed by atoms with Crippen LogP contribution in [0, 0.1) is 5.41 Å². The Bertz CT molecular complexity index is 1170. The Morgan fingerprint density at radius 1 is 1.38 bits per heavy atom. The van der Waals surface area contributed by atoms with Crippen LogP contribution in [0.1, 0.15) is 45.1 Å². The van der Waals surface area contributed by atoms with Gasteiger partial charge in [0.2, 0.25) is 0 Å². The van der Waals surface area contributed by atoms with Gasteiger partial charge in [0.1, 0.15) is 12.4 Å². The van der Waals surface area contributed by atoms with Crippen molar-refractivity contribution in [2.45, 2.75) is 46.8 Å². The molecule has 1 aliphatic rings. The fraction of sp³-hybridized carbons (Fsp3) is 0.440. The number of esters is 1. The third-order valence-corrected chi connectivity index (χ3v) is 6.50. The molecule has 2 aromatic heterocycles. The van der Waals surface area contributed by atoms with E-state index in [-0.39, 0.29) is 12.1 Å². The second kappa shape index (κ2) is 8.87. The Kier molecular flexibility index (Phi) is 6.32. The highest BCUT2D eigenvalue weighted by molar-refractivity contribution is 9.10. The zero-order valence-electron chi connectivity index (χ0n) is 19.2. The lowest BCUT2D eigenvalue weighted by molar-refractivity contribution is -0.153. The van der Waals surface area contributed by atoms with Crippen LogP contribution in [-0.4, -0.2) is 35.8 Å². The lowest BCUT2D eigenvalue weighted by Crippen LogP contribution is -2.29. The third kappa shape index (κ3) is 3.92. The lowest BCUT2D eigenvalue weighted by Gasteiger charge is -2.24. The molecule has 1 aliphatic heterocycles. The van der Waals surface area contributed by atoms with Gasteiger partial charge < -0.3 is 18.8 Å². The molecule has 170 valence electrons. The molecule has 3 aromatic rings. The Hall–Kier alpha value is -2.38. The molecule has 3 heterocycles. The number of carbonyl (C=O) groups excluding carboxylic acids is 1. The van der Waals surface area contributed by atoms with Gasteiger partial charge in [0, 0.05) is 28.7 Å². The maximum Gasteiger partial charge on any atom is 0.311 e. The number of ether oxygens (including phenoxy) is 3. The van der Waals surface area contributed by atoms with Crippen LogP contribution in [0.2, 0.25) is 0 Å². The molecule has 0 bridgehead atoms. The minimum Gasteiger partial charge on any atom is -0.489 e. The molecule has 0 saturated heterocycles. The van der Waals surface area contributed by atoms with Crippen molar-refractivity contribution in [1.29, 1.82) is 0 Å². The van der Waals surface area contributed by atoms with E-state index in [1.54, 1.807) is 13.3 Å². The maximum absolute atomic E-state index is 12.8. The summed E-state index contributed by atoms with van der Waals surface area (Å²) in [5.74, 6) is 0.636. The van der Waals surface area contributed by atoms with Gasteiger partial charge in [-0.25, -0.2) is 0 Å². The highest BCUT2D eigenvalue weighted by Gasteiger charge is 2.35. The molecule has 4 rings (SSSR count). The number of methoxy groups -OCH3 is 1. The van der Waals surface area contributed by atoms with Gasteiger partial charge >= 0.3 is 5.97 Å². The summed E-state index contributed by atoms with van der Waals surface area (Å²) in [4.78, 5) is 17.5. The van der Waals surface area contributed by atoms with Crippen molar-refractivity contribution in [1.82, 2.24) is 9.55 Å². The first-order valence-electron chi connectivity index (χ1n) is 10.9. The van der Waals surface area contributed by atoms with Gasteiger partial charge in [-0.2, -0.15) is 0 Å². The number of pyridine rings is 1. The van der Waals surface area contributed by atoms with E-state index in [0.717, 1.165) is 50.2 Å². The second-order valence-corrected chi connectivity index (χ2v) is 9.64. The molecule has 0 spiro atoms. The monoisotopic (exact) mass is 500 g/mol. The van der Waals surface area contributed by atoms with E-state index in [9.17, 15) is 4.79 Å². The minimum absolute atomic E-state index is 0.172. The number of aromatic nitrogens is 2. The Labute approximate surface area is 197 Å². The summed E-state index contributed by atoms with van der Waals surface area (Å²) in [6.45, 7) is 9.37. The van der Waals surface area contributed by atoms with Crippen LogP contribution in [0.25, 0.3) is 22.2 Å². The molecular formula is C25H29BrN2O4. The predicted octanol–water partition coefficient (Wildman–Crippen LogP) is 5.70. The number of nitrogens with zero attached hydrogens (tertiary/aromatic N) is 2. The highest BCUT2D eigenvalue weighted by atomic mass is 79.9. The molecule has 1 aromatic carbocycles. The fourth-order valence-electron chi connectivity index (χ4n) is 4.45. The maximum atomic E-state index is 12.8. The van der Waals surface area contributed by atoms with Gasteiger partial charge in [0.15, 0.2) is 0 Å². The number of rotatable bonds is 7. The summed E-state index contributed by atoms with van der Waals surface area (Å²) < 4.78 is 20.3. The zero-order chi connectivity index (χ0) is 23.0. The summed E-state index contributed by atoms with van der Waals surface area (Å²) in [7, 11) is 1.69. The summed E-state index contributed by atoms with van der Waals surface area (Å²) in [5, 5.41) is 1.07. The van der Waals surface area contributed by atoms with Gasteiger partial charge in [-0.15, -0.1) is 0 Å². The van der Waals surface area contributed by atoms with Gasteiger partial charge in [0.25, 0.3) is 0 Å². The second-order valence-electron chi connectivity index (χ2n) is 8.72. The molecule has 0 fully saturated rings. The van der Waals surface area contributed by atoms with Gasteiger partial charge in [-0.05, 0) is 63.9 Å². The SMILES string of the molecule is CCOC(=O)C(C)(C)Cc1c(-c2cccnc2[C@H](C)OC)n2c3c(cc(Br)cc13)OCC2. The smallest absolute Gasteiger partial charge is 0.311 e. The molecule has 32 heavy (non-hydrogen) atoms. The van der Waals surface area contributed by atoms with Crippen LogP contribution >= 0.6 is 15.9 Å². The normalized spacial score (nSPS) is 14.3. The zero-order valence-corrected chi connectivity index (χ0v) is 20.8. The van der Waals surface area contributed by atoms with E-state index < -0.39 is 5.41 Å². The molecule has 7 heteroatoms. The van der Waals surface area contributed by atoms with E-state index in [4.69, 9.17) is 14.2 Å². The van der Waals surface area contributed by atoms with Crippen LogP contribution in [0.3, 0.4) is 0 Å². The summed E-state index contributed by atoms with van der Waals surface area (Å²) >= 11 is 3.64. The number of carbonyl (C=O) groups is 1. The molecule has 0 N–H and O–H groups in total. The van der Waals surface area contributed by atoms with E-state index in [0.29, 0.717) is 19.6 Å².